The number of amides is 1. The van der Waals surface area contributed by atoms with Crippen LogP contribution < -0.4 is 10.0 Å². The van der Waals surface area contributed by atoms with Crippen LogP contribution in [-0.2, 0) is 46.9 Å². The van der Waals surface area contributed by atoms with Crippen molar-refractivity contribution in [3.63, 3.8) is 0 Å². The van der Waals surface area contributed by atoms with Crippen molar-refractivity contribution in [2.75, 3.05) is 11.0 Å². The zero-order chi connectivity index (χ0) is 40.8. The zero-order valence-corrected chi connectivity index (χ0v) is 31.1. The maximum Gasteiger partial charge on any atom is 0.435 e. The van der Waals surface area contributed by atoms with E-state index >= 15 is 8.78 Å². The van der Waals surface area contributed by atoms with E-state index < -0.39 is 81.0 Å². The predicted molar refractivity (Wildman–Crippen MR) is 194 cm³/mol. The van der Waals surface area contributed by atoms with Crippen LogP contribution in [-0.4, -0.2) is 50.1 Å². The Balaban J connectivity index is 1.29. The Kier molecular flexibility index (Phi) is 9.10. The molecule has 2 aromatic carbocycles. The minimum Gasteiger partial charge on any atom is -0.346 e. The van der Waals surface area contributed by atoms with Gasteiger partial charge >= 0.3 is 6.18 Å². The first kappa shape index (κ1) is 38.3. The van der Waals surface area contributed by atoms with Crippen molar-refractivity contribution in [3.05, 3.63) is 112 Å². The number of alkyl halides is 5. The summed E-state index contributed by atoms with van der Waals surface area (Å²) in [6.07, 6.45) is -3.14. The summed E-state index contributed by atoms with van der Waals surface area (Å²) in [6.45, 7) is -1.07. The maximum absolute atomic E-state index is 15.4. The van der Waals surface area contributed by atoms with Crippen molar-refractivity contribution in [2.45, 2.75) is 43.4 Å². The van der Waals surface area contributed by atoms with Gasteiger partial charge in [-0.25, -0.2) is 22.2 Å². The Morgan fingerprint density at radius 3 is 2.40 bits per heavy atom. The number of aryl methyl sites for hydroxylation is 1. The molecular formula is C37H28ClF7N8O3S. The van der Waals surface area contributed by atoms with E-state index in [0.29, 0.717) is 27.5 Å². The lowest BCUT2D eigenvalue weighted by molar-refractivity contribution is -0.142. The first-order valence-corrected chi connectivity index (χ1v) is 19.4. The van der Waals surface area contributed by atoms with Crippen LogP contribution in [0.5, 0.6) is 0 Å². The van der Waals surface area contributed by atoms with Gasteiger partial charge in [-0.05, 0) is 60.7 Å². The van der Waals surface area contributed by atoms with Gasteiger partial charge in [-0.1, -0.05) is 29.8 Å². The molecule has 57 heavy (non-hydrogen) atoms. The summed E-state index contributed by atoms with van der Waals surface area (Å²) in [7, 11) is -2.31. The lowest BCUT2D eigenvalue weighted by Crippen LogP contribution is -2.35. The molecule has 11 nitrogen and oxygen atoms in total. The monoisotopic (exact) mass is 832 g/mol. The van der Waals surface area contributed by atoms with E-state index in [1.54, 1.807) is 36.4 Å². The summed E-state index contributed by atoms with van der Waals surface area (Å²) in [5.74, 6) is -9.11. The third-order valence-corrected chi connectivity index (χ3v) is 10.8. The van der Waals surface area contributed by atoms with Crippen LogP contribution in [0.2, 0.25) is 5.02 Å². The highest BCUT2D eigenvalue weighted by atomic mass is 35.5. The quantitative estimate of drug-likeness (QED) is 0.136. The summed E-state index contributed by atoms with van der Waals surface area (Å²) < 4.78 is 131. The number of nitrogens with zero attached hydrogens (tertiary/aromatic N) is 6. The standard InChI is InChI=1S/C37H28ClF7N8O3S/c1-52-32-21(6-8-24(38)30(32)35(50-52)51-57(2,55)56)20-7-9-26(25-5-3-4-10-46-25)48-31(20)27(13-17-11-18(39)14-19(40)12-17)47-28(54)16-53-34-29(33(49-53)37(43,44)45)22-15-23(22)36(34,41)42/h3-12,14,22-23,27H,13,15-16H2,1-2H3,(H,47,54)(H,50,51)/t22-,23+,27?/m0/s1. The molecule has 4 heterocycles. The number of pyridine rings is 2. The Labute approximate surface area is 323 Å². The first-order chi connectivity index (χ1) is 26.8. The van der Waals surface area contributed by atoms with Crippen LogP contribution in [0.15, 0.2) is 66.9 Å². The van der Waals surface area contributed by atoms with E-state index in [2.05, 4.69) is 25.2 Å². The molecule has 20 heteroatoms. The van der Waals surface area contributed by atoms with Gasteiger partial charge in [0.15, 0.2) is 11.5 Å². The molecule has 0 aliphatic heterocycles. The smallest absolute Gasteiger partial charge is 0.346 e. The van der Waals surface area contributed by atoms with Crippen molar-refractivity contribution in [1.29, 1.82) is 0 Å². The Morgan fingerprint density at radius 2 is 1.74 bits per heavy atom. The fourth-order valence-electron chi connectivity index (χ4n) is 7.62. The molecule has 2 N–H and O–H groups in total. The van der Waals surface area contributed by atoms with Gasteiger partial charge in [0, 0.05) is 41.9 Å². The molecule has 6 aromatic rings. The number of carbonyl (C=O) groups excluding carboxylic acids is 1. The number of hydrogen-bond donors (Lipinski definition) is 2. The van der Waals surface area contributed by atoms with Crippen LogP contribution in [0, 0.1) is 17.6 Å². The van der Waals surface area contributed by atoms with Gasteiger partial charge in [0.25, 0.3) is 5.92 Å². The van der Waals surface area contributed by atoms with E-state index in [1.807, 2.05) is 0 Å². The highest BCUT2D eigenvalue weighted by Crippen LogP contribution is 2.68. The molecule has 1 saturated carbocycles. The van der Waals surface area contributed by atoms with E-state index in [-0.39, 0.29) is 51.6 Å². The number of benzene rings is 2. The highest BCUT2D eigenvalue weighted by molar-refractivity contribution is 7.92. The van der Waals surface area contributed by atoms with E-state index in [1.165, 1.54) is 24.0 Å². The maximum atomic E-state index is 15.4. The number of nitrogens with one attached hydrogen (secondary N) is 2. The van der Waals surface area contributed by atoms with Crippen molar-refractivity contribution in [1.82, 2.24) is 34.8 Å². The van der Waals surface area contributed by atoms with Crippen molar-refractivity contribution < 1.29 is 43.9 Å². The van der Waals surface area contributed by atoms with Crippen LogP contribution in [0.4, 0.5) is 36.6 Å². The van der Waals surface area contributed by atoms with Gasteiger partial charge in [-0.2, -0.15) is 32.1 Å². The summed E-state index contributed by atoms with van der Waals surface area (Å²) in [6, 6.07) is 12.6. The number of halogens is 8. The van der Waals surface area contributed by atoms with Gasteiger partial charge in [-0.15, -0.1) is 0 Å². The Morgan fingerprint density at radius 1 is 1.02 bits per heavy atom. The average Bonchev–Trinajstić information content (AvgIpc) is 3.66. The first-order valence-electron chi connectivity index (χ1n) is 17.2. The molecule has 0 radical (unpaired) electrons. The lowest BCUT2D eigenvalue weighted by Gasteiger charge is -2.23. The second-order valence-corrected chi connectivity index (χ2v) is 16.1. The lowest BCUT2D eigenvalue weighted by atomic mass is 9.93. The minimum atomic E-state index is -5.07. The summed E-state index contributed by atoms with van der Waals surface area (Å²) in [5.41, 5.74) is -1.44. The molecule has 4 aromatic heterocycles. The molecule has 1 unspecified atom stereocenters. The van der Waals surface area contributed by atoms with Crippen LogP contribution in [0.25, 0.3) is 33.4 Å². The molecule has 8 rings (SSSR count). The molecular weight excluding hydrogens is 805 g/mol. The van der Waals surface area contributed by atoms with Crippen LogP contribution >= 0.6 is 11.6 Å². The third kappa shape index (κ3) is 7.06. The minimum absolute atomic E-state index is 0.0289. The molecule has 0 saturated heterocycles. The van der Waals surface area contributed by atoms with Crippen LogP contribution in [0.3, 0.4) is 0 Å². The number of carbonyl (C=O) groups is 1. The Hall–Kier alpha value is -5.56. The zero-order valence-electron chi connectivity index (χ0n) is 29.5. The summed E-state index contributed by atoms with van der Waals surface area (Å²) >= 11 is 6.58. The van der Waals surface area contributed by atoms with E-state index in [0.717, 1.165) is 18.4 Å². The number of anilines is 1. The van der Waals surface area contributed by atoms with Crippen molar-refractivity contribution >= 4 is 44.3 Å². The Bertz CT molecular complexity index is 2700. The van der Waals surface area contributed by atoms with Crippen molar-refractivity contribution in [2.24, 2.45) is 13.0 Å². The summed E-state index contributed by atoms with van der Waals surface area (Å²) in [4.78, 5) is 23.1. The fourth-order valence-corrected chi connectivity index (χ4v) is 8.35. The van der Waals surface area contributed by atoms with E-state index in [9.17, 15) is 35.2 Å². The van der Waals surface area contributed by atoms with Gasteiger partial charge in [0.2, 0.25) is 15.9 Å². The molecule has 0 spiro atoms. The number of fused-ring (bicyclic) bond motifs is 4. The third-order valence-electron chi connectivity index (χ3n) is 9.88. The molecule has 1 fully saturated rings. The largest absolute Gasteiger partial charge is 0.435 e. The van der Waals surface area contributed by atoms with Gasteiger partial charge in [0.05, 0.1) is 45.3 Å². The van der Waals surface area contributed by atoms with E-state index in [4.69, 9.17) is 16.6 Å². The molecule has 3 atom stereocenters. The summed E-state index contributed by atoms with van der Waals surface area (Å²) in [5, 5.41) is 10.8. The number of sulfonamides is 1. The normalized spacial score (nSPS) is 17.6. The molecule has 296 valence electrons. The molecule has 1 amide bonds. The number of hydrogen-bond acceptors (Lipinski definition) is 7. The average molecular weight is 833 g/mol. The molecule has 2 aliphatic carbocycles. The van der Waals surface area contributed by atoms with Gasteiger partial charge < -0.3 is 5.32 Å². The SMILES string of the molecule is Cn1nc(NS(C)(=O)=O)c2c(Cl)ccc(-c3ccc(-c4ccccn4)nc3C(Cc3cc(F)cc(F)c3)NC(=O)Cn3nc(C(F)(F)F)c4c3C(F)(F)[C@@H]3C[C@H]43)c21. The van der Waals surface area contributed by atoms with Gasteiger partial charge in [-0.3, -0.25) is 23.9 Å². The second kappa shape index (κ2) is 13.5. The van der Waals surface area contributed by atoms with Crippen LogP contribution in [0.1, 0.15) is 46.6 Å². The van der Waals surface area contributed by atoms with Crippen molar-refractivity contribution in [3.8, 4) is 22.5 Å². The second-order valence-electron chi connectivity index (χ2n) is 13.9. The van der Waals surface area contributed by atoms with Gasteiger partial charge in [0.1, 0.15) is 23.9 Å². The number of rotatable bonds is 10. The molecule has 0 bridgehead atoms. The topological polar surface area (TPSA) is 137 Å². The number of aromatic nitrogens is 6. The predicted octanol–water partition coefficient (Wildman–Crippen LogP) is 7.52. The fraction of sp³-hybridized carbons (Fsp3) is 0.270. The highest BCUT2D eigenvalue weighted by Gasteiger charge is 2.68. The molecule has 2 aliphatic rings.